The molecule has 2 atom stereocenters. The van der Waals surface area contributed by atoms with Gasteiger partial charge in [0.25, 0.3) is 0 Å². The van der Waals surface area contributed by atoms with E-state index in [4.69, 9.17) is 11.6 Å². The lowest BCUT2D eigenvalue weighted by Crippen LogP contribution is -2.46. The molecule has 0 amide bonds. The zero-order valence-corrected chi connectivity index (χ0v) is 26.4. The average Bonchev–Trinajstić information content (AvgIpc) is 3.46. The summed E-state index contributed by atoms with van der Waals surface area (Å²) in [5, 5.41) is 27.4. The van der Waals surface area contributed by atoms with Crippen molar-refractivity contribution in [3.8, 4) is 6.07 Å². The molecule has 42 heavy (non-hydrogen) atoms. The Kier molecular flexibility index (Phi) is 10.1. The molecule has 1 aliphatic rings. The van der Waals surface area contributed by atoms with Gasteiger partial charge >= 0.3 is 0 Å². The molecular formula is C33H43ClN8. The van der Waals surface area contributed by atoms with Gasteiger partial charge in [-0.2, -0.15) is 5.26 Å². The van der Waals surface area contributed by atoms with Gasteiger partial charge in [-0.1, -0.05) is 54.6 Å². The summed E-state index contributed by atoms with van der Waals surface area (Å²) in [5.41, 5.74) is 4.41. The van der Waals surface area contributed by atoms with Gasteiger partial charge in [-0.05, 0) is 71.6 Å². The molecule has 1 fully saturated rings. The number of rotatable bonds is 10. The van der Waals surface area contributed by atoms with E-state index >= 15 is 0 Å². The molecule has 0 radical (unpaired) electrons. The van der Waals surface area contributed by atoms with Gasteiger partial charge in [0, 0.05) is 41.9 Å². The zero-order valence-electron chi connectivity index (χ0n) is 25.7. The number of pyridine rings is 1. The molecule has 2 aromatic heterocycles. The van der Waals surface area contributed by atoms with E-state index < -0.39 is 0 Å². The van der Waals surface area contributed by atoms with Crippen molar-refractivity contribution in [2.24, 2.45) is 0 Å². The highest BCUT2D eigenvalue weighted by molar-refractivity contribution is 6.35. The van der Waals surface area contributed by atoms with Crippen molar-refractivity contribution in [3.63, 3.8) is 0 Å². The third-order valence-electron chi connectivity index (χ3n) is 7.96. The van der Waals surface area contributed by atoms with Crippen LogP contribution in [-0.2, 0) is 0 Å². The maximum Gasteiger partial charge on any atom is 0.109 e. The number of halogens is 1. The first-order chi connectivity index (χ1) is 20.0. The summed E-state index contributed by atoms with van der Waals surface area (Å²) in [5.74, 6) is 0. The summed E-state index contributed by atoms with van der Waals surface area (Å²) in [6.45, 7) is 19.4. The molecule has 222 valence electrons. The normalized spacial score (nSPS) is 16.6. The molecule has 9 heteroatoms. The quantitative estimate of drug-likeness (QED) is 0.234. The van der Waals surface area contributed by atoms with E-state index in [1.165, 1.54) is 0 Å². The summed E-state index contributed by atoms with van der Waals surface area (Å²) in [6, 6.07) is 6.25. The number of aromatic nitrogens is 4. The van der Waals surface area contributed by atoms with Crippen molar-refractivity contribution in [3.05, 3.63) is 77.3 Å². The minimum atomic E-state index is -0.346. The van der Waals surface area contributed by atoms with Gasteiger partial charge in [0.15, 0.2) is 0 Å². The van der Waals surface area contributed by atoms with Crippen LogP contribution in [0, 0.1) is 11.3 Å². The maximum atomic E-state index is 9.81. The highest BCUT2D eigenvalue weighted by atomic mass is 35.5. The minimum Gasteiger partial charge on any atom is -0.381 e. The second kappa shape index (κ2) is 13.5. The van der Waals surface area contributed by atoms with Crippen LogP contribution in [0.15, 0.2) is 61.0 Å². The molecule has 4 rings (SSSR count). The third-order valence-corrected chi connectivity index (χ3v) is 8.24. The van der Waals surface area contributed by atoms with Crippen LogP contribution in [0.1, 0.15) is 84.1 Å². The largest absolute Gasteiger partial charge is 0.381 e. The highest BCUT2D eigenvalue weighted by Gasteiger charge is 2.29. The predicted molar refractivity (Wildman–Crippen MR) is 174 cm³/mol. The van der Waals surface area contributed by atoms with E-state index in [0.717, 1.165) is 60.4 Å². The van der Waals surface area contributed by atoms with Crippen LogP contribution < -0.4 is 10.6 Å². The summed E-state index contributed by atoms with van der Waals surface area (Å²) in [7, 11) is 0. The van der Waals surface area contributed by atoms with E-state index in [0.29, 0.717) is 22.1 Å². The molecule has 1 aromatic carbocycles. The number of allylic oxidation sites excluding steroid dienone is 3. The number of nitriles is 1. The van der Waals surface area contributed by atoms with Crippen molar-refractivity contribution in [1.82, 2.24) is 24.9 Å². The first-order valence-corrected chi connectivity index (χ1v) is 15.1. The predicted octanol–water partition coefficient (Wildman–Crippen LogP) is 7.84. The number of hydrogen-bond acceptors (Lipinski definition) is 7. The first-order valence-electron chi connectivity index (χ1n) is 14.8. The molecule has 0 unspecified atom stereocenters. The molecular weight excluding hydrogens is 544 g/mol. The standard InChI is InChI=1S/C33H43ClN8/c1-8-10-11-12-22(3)30(29-21-42(40-39-29)26-13-15-41(16-14-26)33(5,6)7)38-25-17-27-31(37-23(4)9-2)24(19-35)20-36-32(27)28(34)18-25/h8,10-12,17-18,20-21,23,26,30,38H,3,9,13-16H2,1-2,4-7H3,(H,36,37)/b10-8-,12-11-/t23-,30-/m0/s1. The lowest BCUT2D eigenvalue weighted by molar-refractivity contribution is 0.0866. The zero-order chi connectivity index (χ0) is 30.4. The van der Waals surface area contributed by atoms with Gasteiger partial charge in [0.1, 0.15) is 11.8 Å². The smallest absolute Gasteiger partial charge is 0.109 e. The second-order valence-corrected chi connectivity index (χ2v) is 12.4. The van der Waals surface area contributed by atoms with Crippen LogP contribution in [0.5, 0.6) is 0 Å². The lowest BCUT2D eigenvalue weighted by Gasteiger charge is -2.40. The molecule has 0 saturated carbocycles. The van der Waals surface area contributed by atoms with Crippen molar-refractivity contribution in [2.45, 2.75) is 84.5 Å². The summed E-state index contributed by atoms with van der Waals surface area (Å²) in [4.78, 5) is 7.02. The Bertz CT molecular complexity index is 1500. The maximum absolute atomic E-state index is 9.81. The van der Waals surface area contributed by atoms with Crippen molar-refractivity contribution >= 4 is 33.9 Å². The Labute approximate surface area is 255 Å². The molecule has 1 saturated heterocycles. The van der Waals surface area contributed by atoms with Gasteiger partial charge in [-0.3, -0.25) is 9.88 Å². The Hall–Kier alpha value is -3.67. The van der Waals surface area contributed by atoms with E-state index in [2.05, 4.69) is 78.1 Å². The molecule has 0 aliphatic carbocycles. The molecule has 8 nitrogen and oxygen atoms in total. The van der Waals surface area contributed by atoms with Crippen LogP contribution in [0.4, 0.5) is 11.4 Å². The van der Waals surface area contributed by atoms with Gasteiger partial charge < -0.3 is 10.6 Å². The second-order valence-electron chi connectivity index (χ2n) is 12.0. The fraction of sp³-hybridized carbons (Fsp3) is 0.455. The topological polar surface area (TPSA) is 94.7 Å². The van der Waals surface area contributed by atoms with Gasteiger partial charge in [0.05, 0.1) is 40.1 Å². The summed E-state index contributed by atoms with van der Waals surface area (Å²) < 4.78 is 2.01. The SMILES string of the molecule is C=C(/C=C\C=C/C)[C@H](Nc1cc(Cl)c2ncc(C#N)c(N[C@@H](C)CC)c2c1)c1cn(C2CCN(C(C)(C)C)CC2)nn1. The number of nitrogens with one attached hydrogen (secondary N) is 2. The van der Waals surface area contributed by atoms with Crippen LogP contribution in [0.25, 0.3) is 10.9 Å². The molecule has 3 heterocycles. The van der Waals surface area contributed by atoms with Gasteiger partial charge in [0.2, 0.25) is 0 Å². The van der Waals surface area contributed by atoms with Crippen LogP contribution in [0.3, 0.4) is 0 Å². The first kappa shape index (κ1) is 31.3. The van der Waals surface area contributed by atoms with E-state index in [1.54, 1.807) is 6.20 Å². The van der Waals surface area contributed by atoms with Crippen molar-refractivity contribution in [2.75, 3.05) is 23.7 Å². The Morgan fingerprint density at radius 3 is 2.62 bits per heavy atom. The fourth-order valence-corrected chi connectivity index (χ4v) is 5.51. The molecule has 1 aliphatic heterocycles. The fourth-order valence-electron chi connectivity index (χ4n) is 5.24. The minimum absolute atomic E-state index is 0.166. The van der Waals surface area contributed by atoms with Crippen molar-refractivity contribution in [1.29, 1.82) is 5.26 Å². The molecule has 3 aromatic rings. The Morgan fingerprint density at radius 1 is 1.24 bits per heavy atom. The summed E-state index contributed by atoms with van der Waals surface area (Å²) in [6.07, 6.45) is 14.5. The molecule has 0 bridgehead atoms. The van der Waals surface area contributed by atoms with Crippen LogP contribution in [-0.4, -0.2) is 49.5 Å². The number of anilines is 2. The lowest BCUT2D eigenvalue weighted by atomic mass is 9.98. The van der Waals surface area contributed by atoms with E-state index in [9.17, 15) is 5.26 Å². The van der Waals surface area contributed by atoms with Crippen LogP contribution in [0.2, 0.25) is 5.02 Å². The number of piperidine rings is 1. The monoisotopic (exact) mass is 586 g/mol. The number of hydrogen-bond donors (Lipinski definition) is 2. The number of nitrogens with zero attached hydrogens (tertiary/aromatic N) is 6. The third kappa shape index (κ3) is 7.21. The number of benzene rings is 1. The molecule has 0 spiro atoms. The van der Waals surface area contributed by atoms with Crippen molar-refractivity contribution < 1.29 is 0 Å². The summed E-state index contributed by atoms with van der Waals surface area (Å²) >= 11 is 6.77. The average molecular weight is 587 g/mol. The molecule has 2 N–H and O–H groups in total. The Morgan fingerprint density at radius 2 is 1.98 bits per heavy atom. The number of fused-ring (bicyclic) bond motifs is 1. The van der Waals surface area contributed by atoms with E-state index in [1.807, 2.05) is 54.2 Å². The van der Waals surface area contributed by atoms with Gasteiger partial charge in [-0.15, -0.1) is 5.10 Å². The number of likely N-dealkylation sites (tertiary alicyclic amines) is 1. The van der Waals surface area contributed by atoms with E-state index in [-0.39, 0.29) is 17.6 Å². The Balaban J connectivity index is 1.68. The van der Waals surface area contributed by atoms with Crippen LogP contribution >= 0.6 is 11.6 Å². The van der Waals surface area contributed by atoms with Gasteiger partial charge in [-0.25, -0.2) is 4.68 Å². The highest BCUT2D eigenvalue weighted by Crippen LogP contribution is 2.36.